The maximum atomic E-state index is 12.2. The minimum absolute atomic E-state index is 0.0576. The monoisotopic (exact) mass is 317 g/mol. The first kappa shape index (κ1) is 14.8. The molecule has 1 aliphatic rings. The standard InChI is InChI=1S/C14H15N5O4/c20-13(10-9-15-14(21)16-10)18-7-5-17(6-8-18)11-3-1-2-4-12(11)19(22)23/h1-4,9H,5-8H2,(H2,15,16,21). The lowest BCUT2D eigenvalue weighted by atomic mass is 10.2. The average molecular weight is 317 g/mol. The summed E-state index contributed by atoms with van der Waals surface area (Å²) in [5.74, 6) is -0.259. The number of benzene rings is 1. The summed E-state index contributed by atoms with van der Waals surface area (Å²) < 4.78 is 0. The number of hydrogen-bond donors (Lipinski definition) is 2. The first-order valence-corrected chi connectivity index (χ1v) is 7.11. The molecule has 0 spiro atoms. The number of carbonyl (C=O) groups is 1. The Bertz CT molecular complexity index is 788. The topological polar surface area (TPSA) is 115 Å². The molecule has 0 aliphatic carbocycles. The van der Waals surface area contributed by atoms with Gasteiger partial charge in [0.1, 0.15) is 11.4 Å². The zero-order chi connectivity index (χ0) is 16.4. The van der Waals surface area contributed by atoms with Crippen molar-refractivity contribution in [2.75, 3.05) is 31.1 Å². The number of anilines is 1. The number of aromatic nitrogens is 2. The van der Waals surface area contributed by atoms with Gasteiger partial charge in [0.2, 0.25) is 0 Å². The average Bonchev–Trinajstić information content (AvgIpc) is 3.01. The number of aromatic amines is 2. The molecule has 2 N–H and O–H groups in total. The normalized spacial score (nSPS) is 14.8. The molecule has 1 aromatic heterocycles. The van der Waals surface area contributed by atoms with E-state index in [2.05, 4.69) is 9.97 Å². The molecule has 1 aromatic carbocycles. The van der Waals surface area contributed by atoms with Gasteiger partial charge in [0.15, 0.2) is 0 Å². The molecule has 1 aliphatic heterocycles. The van der Waals surface area contributed by atoms with Gasteiger partial charge < -0.3 is 19.8 Å². The van der Waals surface area contributed by atoms with Crippen molar-refractivity contribution >= 4 is 17.3 Å². The molecule has 2 heterocycles. The number of rotatable bonds is 3. The van der Waals surface area contributed by atoms with Crippen LogP contribution in [0.5, 0.6) is 0 Å². The Hall–Kier alpha value is -3.10. The third kappa shape index (κ3) is 2.93. The van der Waals surface area contributed by atoms with Crippen LogP contribution in [0.2, 0.25) is 0 Å². The fourth-order valence-corrected chi connectivity index (χ4v) is 2.65. The maximum absolute atomic E-state index is 12.2. The maximum Gasteiger partial charge on any atom is 0.323 e. The van der Waals surface area contributed by atoms with Crippen LogP contribution in [-0.2, 0) is 0 Å². The van der Waals surface area contributed by atoms with Crippen LogP contribution in [0.4, 0.5) is 11.4 Å². The summed E-state index contributed by atoms with van der Waals surface area (Å²) in [6.07, 6.45) is 1.35. The smallest absolute Gasteiger partial charge is 0.323 e. The highest BCUT2D eigenvalue weighted by atomic mass is 16.6. The van der Waals surface area contributed by atoms with E-state index in [0.29, 0.717) is 31.9 Å². The van der Waals surface area contributed by atoms with E-state index >= 15 is 0 Å². The van der Waals surface area contributed by atoms with E-state index in [1.54, 1.807) is 23.1 Å². The molecule has 1 fully saturated rings. The predicted molar refractivity (Wildman–Crippen MR) is 82.6 cm³/mol. The Kier molecular flexibility index (Phi) is 3.83. The molecule has 9 nitrogen and oxygen atoms in total. The van der Waals surface area contributed by atoms with Crippen LogP contribution in [0.15, 0.2) is 35.3 Å². The number of nitro groups is 1. The van der Waals surface area contributed by atoms with Gasteiger partial charge >= 0.3 is 5.69 Å². The number of imidazole rings is 1. The van der Waals surface area contributed by atoms with Crippen molar-refractivity contribution in [3.05, 3.63) is 56.8 Å². The predicted octanol–water partition coefficient (Wildman–Crippen LogP) is 0.574. The van der Waals surface area contributed by atoms with Gasteiger partial charge in [-0.05, 0) is 6.07 Å². The van der Waals surface area contributed by atoms with Gasteiger partial charge in [-0.15, -0.1) is 0 Å². The Morgan fingerprint density at radius 1 is 1.17 bits per heavy atom. The van der Waals surface area contributed by atoms with Gasteiger partial charge in [-0.2, -0.15) is 0 Å². The van der Waals surface area contributed by atoms with Gasteiger partial charge in [-0.25, -0.2) is 4.79 Å². The number of carbonyl (C=O) groups excluding carboxylic acids is 1. The fraction of sp³-hybridized carbons (Fsp3) is 0.286. The molecule has 3 rings (SSSR count). The number of hydrogen-bond acceptors (Lipinski definition) is 5. The summed E-state index contributed by atoms with van der Waals surface area (Å²) >= 11 is 0. The summed E-state index contributed by atoms with van der Waals surface area (Å²) in [6, 6.07) is 6.56. The minimum Gasteiger partial charge on any atom is -0.362 e. The number of nitro benzene ring substituents is 1. The Balaban J connectivity index is 1.70. The largest absolute Gasteiger partial charge is 0.362 e. The SMILES string of the molecule is O=C(c1c[nH]c(=O)[nH]1)N1CCN(c2ccccc2[N+](=O)[O-])CC1. The van der Waals surface area contributed by atoms with Crippen LogP contribution in [0.3, 0.4) is 0 Å². The molecule has 120 valence electrons. The highest BCUT2D eigenvalue weighted by Crippen LogP contribution is 2.28. The summed E-state index contributed by atoms with van der Waals surface area (Å²) in [4.78, 5) is 42.3. The summed E-state index contributed by atoms with van der Waals surface area (Å²) in [7, 11) is 0. The van der Waals surface area contributed by atoms with Gasteiger partial charge in [0, 0.05) is 38.4 Å². The Morgan fingerprint density at radius 3 is 2.48 bits per heavy atom. The van der Waals surface area contributed by atoms with Crippen LogP contribution in [0, 0.1) is 10.1 Å². The second kappa shape index (κ2) is 5.95. The molecule has 0 bridgehead atoms. The lowest BCUT2D eigenvalue weighted by Crippen LogP contribution is -2.49. The van der Waals surface area contributed by atoms with E-state index in [4.69, 9.17) is 0 Å². The molecule has 23 heavy (non-hydrogen) atoms. The Morgan fingerprint density at radius 2 is 1.87 bits per heavy atom. The molecular formula is C14H15N5O4. The highest BCUT2D eigenvalue weighted by molar-refractivity contribution is 5.92. The van der Waals surface area contributed by atoms with Crippen molar-refractivity contribution < 1.29 is 9.72 Å². The number of para-hydroxylation sites is 2. The first-order valence-electron chi connectivity index (χ1n) is 7.11. The van der Waals surface area contributed by atoms with Crippen LogP contribution >= 0.6 is 0 Å². The third-order valence-electron chi connectivity index (χ3n) is 3.81. The second-order valence-electron chi connectivity index (χ2n) is 5.18. The second-order valence-corrected chi connectivity index (χ2v) is 5.18. The molecule has 1 amide bonds. The van der Waals surface area contributed by atoms with Crippen LogP contribution in [-0.4, -0.2) is 51.9 Å². The van der Waals surface area contributed by atoms with E-state index in [9.17, 15) is 19.7 Å². The van der Waals surface area contributed by atoms with Crippen LogP contribution < -0.4 is 10.6 Å². The number of nitrogens with zero attached hydrogens (tertiary/aromatic N) is 3. The van der Waals surface area contributed by atoms with Crippen LogP contribution in [0.1, 0.15) is 10.5 Å². The number of amides is 1. The van der Waals surface area contributed by atoms with Crippen molar-refractivity contribution in [2.45, 2.75) is 0 Å². The van der Waals surface area contributed by atoms with Gasteiger partial charge in [-0.3, -0.25) is 14.9 Å². The van der Waals surface area contributed by atoms with E-state index in [1.165, 1.54) is 12.3 Å². The van der Waals surface area contributed by atoms with E-state index < -0.39 is 10.6 Å². The summed E-state index contributed by atoms with van der Waals surface area (Å²) in [5.41, 5.74) is 0.405. The van der Waals surface area contributed by atoms with Crippen molar-refractivity contribution in [3.8, 4) is 0 Å². The van der Waals surface area contributed by atoms with Gasteiger partial charge in [0.05, 0.1) is 4.92 Å². The van der Waals surface area contributed by atoms with Crippen molar-refractivity contribution in [1.82, 2.24) is 14.9 Å². The van der Waals surface area contributed by atoms with Gasteiger partial charge in [-0.1, -0.05) is 12.1 Å². The molecule has 1 saturated heterocycles. The fourth-order valence-electron chi connectivity index (χ4n) is 2.65. The van der Waals surface area contributed by atoms with E-state index in [0.717, 1.165) is 0 Å². The zero-order valence-electron chi connectivity index (χ0n) is 12.2. The lowest BCUT2D eigenvalue weighted by molar-refractivity contribution is -0.384. The molecule has 0 atom stereocenters. The third-order valence-corrected chi connectivity index (χ3v) is 3.81. The highest BCUT2D eigenvalue weighted by Gasteiger charge is 2.26. The quantitative estimate of drug-likeness (QED) is 0.634. The number of piperazine rings is 1. The van der Waals surface area contributed by atoms with Gasteiger partial charge in [0.25, 0.3) is 11.6 Å². The summed E-state index contributed by atoms with van der Waals surface area (Å²) in [5, 5.41) is 11.1. The minimum atomic E-state index is -0.424. The molecule has 9 heteroatoms. The van der Waals surface area contributed by atoms with E-state index in [-0.39, 0.29) is 17.3 Å². The van der Waals surface area contributed by atoms with Crippen molar-refractivity contribution in [1.29, 1.82) is 0 Å². The Labute approximate surface area is 130 Å². The van der Waals surface area contributed by atoms with Crippen LogP contribution in [0.25, 0.3) is 0 Å². The summed E-state index contributed by atoms with van der Waals surface area (Å²) in [6.45, 7) is 1.84. The molecule has 0 radical (unpaired) electrons. The molecule has 0 saturated carbocycles. The van der Waals surface area contributed by atoms with Crippen molar-refractivity contribution in [3.63, 3.8) is 0 Å². The van der Waals surface area contributed by atoms with E-state index in [1.807, 2.05) is 4.90 Å². The number of nitrogens with one attached hydrogen (secondary N) is 2. The van der Waals surface area contributed by atoms with Crippen molar-refractivity contribution in [2.24, 2.45) is 0 Å². The zero-order valence-corrected chi connectivity index (χ0v) is 12.2. The lowest BCUT2D eigenvalue weighted by Gasteiger charge is -2.35. The number of H-pyrrole nitrogens is 2. The molecule has 2 aromatic rings. The molecular weight excluding hydrogens is 302 g/mol. The molecule has 0 unspecified atom stereocenters. The first-order chi connectivity index (χ1) is 11.1.